The zero-order chi connectivity index (χ0) is 19.2. The highest BCUT2D eigenvalue weighted by molar-refractivity contribution is 4.57. The Morgan fingerprint density at radius 3 is 1.40 bits per heavy atom. The van der Waals surface area contributed by atoms with Crippen molar-refractivity contribution >= 4 is 0 Å². The summed E-state index contributed by atoms with van der Waals surface area (Å²) < 4.78 is 25.9. The summed E-state index contributed by atoms with van der Waals surface area (Å²) in [6.45, 7) is 13.4. The van der Waals surface area contributed by atoms with Crippen LogP contribution in [0.1, 0.15) is 40.5 Å². The summed E-state index contributed by atoms with van der Waals surface area (Å²) in [7, 11) is 0. The van der Waals surface area contributed by atoms with Gasteiger partial charge in [-0.3, -0.25) is 0 Å². The first-order chi connectivity index (χ1) is 12.0. The van der Waals surface area contributed by atoms with Crippen LogP contribution in [0.2, 0.25) is 0 Å². The van der Waals surface area contributed by atoms with Crippen LogP contribution in [-0.2, 0) is 23.7 Å². The van der Waals surface area contributed by atoms with Crippen LogP contribution in [0.3, 0.4) is 0 Å². The largest absolute Gasteiger partial charge is 0.394 e. The molecule has 0 amide bonds. The third-order valence-electron chi connectivity index (χ3n) is 2.62. The molecule has 0 rings (SSSR count). The lowest BCUT2D eigenvalue weighted by Crippen LogP contribution is -2.22. The Morgan fingerprint density at radius 2 is 1.00 bits per heavy atom. The van der Waals surface area contributed by atoms with Gasteiger partial charge in [0.2, 0.25) is 0 Å². The quantitative estimate of drug-likeness (QED) is 0.401. The molecule has 0 heterocycles. The number of hydrogen-bond acceptors (Lipinski definition) is 7. The van der Waals surface area contributed by atoms with Crippen LogP contribution in [-0.4, -0.2) is 88.5 Å². The van der Waals surface area contributed by atoms with Crippen molar-refractivity contribution in [2.45, 2.75) is 46.1 Å². The van der Waals surface area contributed by atoms with E-state index in [4.69, 9.17) is 33.9 Å². The summed E-state index contributed by atoms with van der Waals surface area (Å²) in [6.07, 6.45) is 2.27. The molecule has 0 aliphatic heterocycles. The van der Waals surface area contributed by atoms with Gasteiger partial charge in [-0.2, -0.15) is 0 Å². The van der Waals surface area contributed by atoms with Gasteiger partial charge in [-0.05, 0) is 27.2 Å². The molecule has 0 aromatic carbocycles. The maximum absolute atomic E-state index is 8.40. The molecule has 25 heavy (non-hydrogen) atoms. The molecular formula is C18H40O7. The van der Waals surface area contributed by atoms with Crippen LogP contribution in [0.25, 0.3) is 0 Å². The van der Waals surface area contributed by atoms with Crippen molar-refractivity contribution in [1.82, 2.24) is 0 Å². The molecule has 7 heteroatoms. The fourth-order valence-corrected chi connectivity index (χ4v) is 1.43. The molecule has 0 aliphatic carbocycles. The van der Waals surface area contributed by atoms with Gasteiger partial charge >= 0.3 is 0 Å². The molecule has 0 saturated heterocycles. The molecule has 0 bridgehead atoms. The van der Waals surface area contributed by atoms with E-state index in [0.29, 0.717) is 52.9 Å². The minimum atomic E-state index is -0.0947. The van der Waals surface area contributed by atoms with E-state index in [1.807, 2.05) is 20.8 Å². The molecule has 0 radical (unpaired) electrons. The van der Waals surface area contributed by atoms with Crippen LogP contribution < -0.4 is 0 Å². The van der Waals surface area contributed by atoms with Crippen molar-refractivity contribution in [2.75, 3.05) is 72.7 Å². The lowest BCUT2D eigenvalue weighted by atomic mass is 10.2. The first-order valence-corrected chi connectivity index (χ1v) is 9.14. The number of aliphatic hydroxyl groups is 2. The smallest absolute Gasteiger partial charge is 0.0707 e. The molecule has 0 saturated carbocycles. The minimum absolute atomic E-state index is 0.0696. The van der Waals surface area contributed by atoms with Gasteiger partial charge < -0.3 is 33.9 Å². The highest BCUT2D eigenvalue weighted by atomic mass is 16.5. The predicted octanol–water partition coefficient (Wildman–Crippen LogP) is 1.64. The lowest BCUT2D eigenvalue weighted by Gasteiger charge is -2.19. The van der Waals surface area contributed by atoms with E-state index >= 15 is 0 Å². The highest BCUT2D eigenvalue weighted by Gasteiger charge is 2.08. The number of ether oxygens (including phenoxy) is 5. The molecule has 0 atom stereocenters. The van der Waals surface area contributed by atoms with Gasteiger partial charge in [0, 0.05) is 6.61 Å². The molecule has 2 N–H and O–H groups in total. The SMILES string of the molecule is CC(C)(C)OCCOCCO.CCCCOCCOCCOCCO. The maximum atomic E-state index is 8.40. The van der Waals surface area contributed by atoms with Crippen molar-refractivity contribution in [3.05, 3.63) is 0 Å². The Morgan fingerprint density at radius 1 is 0.600 bits per heavy atom. The van der Waals surface area contributed by atoms with Crippen molar-refractivity contribution in [2.24, 2.45) is 0 Å². The van der Waals surface area contributed by atoms with E-state index in [1.165, 1.54) is 0 Å². The second-order valence-electron chi connectivity index (χ2n) is 6.21. The normalized spacial score (nSPS) is 11.3. The Hall–Kier alpha value is -0.280. The van der Waals surface area contributed by atoms with E-state index in [-0.39, 0.29) is 18.8 Å². The molecule has 7 nitrogen and oxygen atoms in total. The van der Waals surface area contributed by atoms with Crippen molar-refractivity contribution in [1.29, 1.82) is 0 Å². The Balaban J connectivity index is 0. The van der Waals surface area contributed by atoms with E-state index in [9.17, 15) is 0 Å². The number of aliphatic hydroxyl groups excluding tert-OH is 2. The fraction of sp³-hybridized carbons (Fsp3) is 1.00. The van der Waals surface area contributed by atoms with Gasteiger partial charge in [-0.15, -0.1) is 0 Å². The third kappa shape index (κ3) is 31.9. The fourth-order valence-electron chi connectivity index (χ4n) is 1.43. The van der Waals surface area contributed by atoms with Crippen molar-refractivity contribution < 1.29 is 33.9 Å². The summed E-state index contributed by atoms with van der Waals surface area (Å²) >= 11 is 0. The third-order valence-corrected chi connectivity index (χ3v) is 2.62. The second-order valence-corrected chi connectivity index (χ2v) is 6.21. The zero-order valence-corrected chi connectivity index (χ0v) is 16.6. The first kappa shape index (κ1) is 26.9. The number of unbranched alkanes of at least 4 members (excludes halogenated alkanes) is 1. The molecular weight excluding hydrogens is 328 g/mol. The molecule has 0 unspecified atom stereocenters. The first-order valence-electron chi connectivity index (χ1n) is 9.14. The van der Waals surface area contributed by atoms with Gasteiger partial charge in [0.15, 0.2) is 0 Å². The van der Waals surface area contributed by atoms with Crippen LogP contribution in [0, 0.1) is 0 Å². The Labute approximate surface area is 153 Å². The molecule has 0 aliphatic rings. The molecule has 0 aromatic rings. The summed E-state index contributed by atoms with van der Waals surface area (Å²) in [5, 5.41) is 16.8. The number of rotatable bonds is 16. The van der Waals surface area contributed by atoms with E-state index in [0.717, 1.165) is 19.4 Å². The standard InChI is InChI=1S/C10H22O4.C8H18O3/c1-2-3-5-12-7-9-14-10-8-13-6-4-11;1-8(2,3)11-7-6-10-5-4-9/h11H,2-10H2,1H3;9H,4-7H2,1-3H3. The highest BCUT2D eigenvalue weighted by Crippen LogP contribution is 2.05. The van der Waals surface area contributed by atoms with Crippen LogP contribution in [0.4, 0.5) is 0 Å². The van der Waals surface area contributed by atoms with Gasteiger partial charge in [0.1, 0.15) is 0 Å². The van der Waals surface area contributed by atoms with Gasteiger partial charge in [0.05, 0.1) is 71.7 Å². The van der Waals surface area contributed by atoms with Crippen LogP contribution in [0.5, 0.6) is 0 Å². The lowest BCUT2D eigenvalue weighted by molar-refractivity contribution is -0.0384. The van der Waals surface area contributed by atoms with Crippen molar-refractivity contribution in [3.63, 3.8) is 0 Å². The molecule has 0 fully saturated rings. The molecule has 0 spiro atoms. The van der Waals surface area contributed by atoms with Crippen LogP contribution in [0.15, 0.2) is 0 Å². The number of hydrogen-bond donors (Lipinski definition) is 2. The van der Waals surface area contributed by atoms with Gasteiger partial charge in [0.25, 0.3) is 0 Å². The average Bonchev–Trinajstić information content (AvgIpc) is 2.56. The zero-order valence-electron chi connectivity index (χ0n) is 16.6. The Kier molecular flexibility index (Phi) is 23.5. The summed E-state index contributed by atoms with van der Waals surface area (Å²) in [6, 6.07) is 0. The van der Waals surface area contributed by atoms with E-state index in [1.54, 1.807) is 0 Å². The summed E-state index contributed by atoms with van der Waals surface area (Å²) in [5.74, 6) is 0. The van der Waals surface area contributed by atoms with Crippen LogP contribution >= 0.6 is 0 Å². The van der Waals surface area contributed by atoms with E-state index < -0.39 is 0 Å². The Bertz CT molecular complexity index is 220. The topological polar surface area (TPSA) is 86.6 Å². The second kappa shape index (κ2) is 21.8. The minimum Gasteiger partial charge on any atom is -0.394 e. The monoisotopic (exact) mass is 368 g/mol. The molecule has 154 valence electrons. The predicted molar refractivity (Wildman–Crippen MR) is 98.1 cm³/mol. The maximum Gasteiger partial charge on any atom is 0.0707 e. The molecule has 0 aromatic heterocycles. The van der Waals surface area contributed by atoms with Gasteiger partial charge in [-0.25, -0.2) is 0 Å². The van der Waals surface area contributed by atoms with E-state index in [2.05, 4.69) is 6.92 Å². The summed E-state index contributed by atoms with van der Waals surface area (Å²) in [4.78, 5) is 0. The summed E-state index contributed by atoms with van der Waals surface area (Å²) in [5.41, 5.74) is -0.0947. The average molecular weight is 369 g/mol. The van der Waals surface area contributed by atoms with Crippen molar-refractivity contribution in [3.8, 4) is 0 Å². The van der Waals surface area contributed by atoms with Gasteiger partial charge in [-0.1, -0.05) is 13.3 Å².